The maximum atomic E-state index is 13.2. The number of fused-ring (bicyclic) bond motifs is 2. The molecule has 5 rings (SSSR count). The monoisotopic (exact) mass is 467 g/mol. The van der Waals surface area contributed by atoms with Gasteiger partial charge in [-0.05, 0) is 102 Å². The molecule has 3 aromatic rings. The van der Waals surface area contributed by atoms with E-state index in [1.54, 1.807) is 0 Å². The van der Waals surface area contributed by atoms with Crippen LogP contribution in [0.25, 0.3) is 21.8 Å². The maximum absolute atomic E-state index is 13.2. The van der Waals surface area contributed by atoms with Crippen molar-refractivity contribution in [2.75, 3.05) is 45.9 Å². The van der Waals surface area contributed by atoms with Gasteiger partial charge < -0.3 is 19.1 Å². The second-order valence-corrected chi connectivity index (χ2v) is 9.91. The molecule has 176 valence electrons. The van der Waals surface area contributed by atoms with Gasteiger partial charge in [0, 0.05) is 35.0 Å². The summed E-state index contributed by atoms with van der Waals surface area (Å²) in [5.41, 5.74) is 1.91. The minimum absolute atomic E-state index is 0.0630. The molecule has 2 aliphatic rings. The van der Waals surface area contributed by atoms with E-state index in [0.717, 1.165) is 60.0 Å². The Morgan fingerprint density at radius 2 is 1.36 bits per heavy atom. The van der Waals surface area contributed by atoms with Crippen LogP contribution in [0.5, 0.6) is 5.75 Å². The number of halogens is 1. The first kappa shape index (κ1) is 22.7. The minimum Gasteiger partial charge on any atom is -0.493 e. The number of hydrogen-bond acceptors (Lipinski definition) is 4. The first-order chi connectivity index (χ1) is 16.2. The second-order valence-electron chi connectivity index (χ2n) is 9.47. The molecule has 3 heterocycles. The largest absolute Gasteiger partial charge is 0.493 e. The van der Waals surface area contributed by atoms with E-state index in [2.05, 4.69) is 14.4 Å². The van der Waals surface area contributed by atoms with Crippen molar-refractivity contribution < 1.29 is 4.74 Å². The fraction of sp³-hybridized carbons (Fsp3) is 0.519. The fourth-order valence-corrected chi connectivity index (χ4v) is 5.56. The Hall–Kier alpha value is -2.08. The number of aryl methyl sites for hydroxylation is 1. The molecule has 2 aromatic carbocycles. The summed E-state index contributed by atoms with van der Waals surface area (Å²) in [7, 11) is 0. The third-order valence-electron chi connectivity index (χ3n) is 7.14. The lowest BCUT2D eigenvalue weighted by atomic mass is 10.1. The van der Waals surface area contributed by atoms with Crippen LogP contribution < -0.4 is 10.2 Å². The van der Waals surface area contributed by atoms with Gasteiger partial charge in [0.1, 0.15) is 5.75 Å². The van der Waals surface area contributed by atoms with E-state index < -0.39 is 0 Å². The van der Waals surface area contributed by atoms with Crippen molar-refractivity contribution in [2.24, 2.45) is 0 Å². The van der Waals surface area contributed by atoms with Crippen molar-refractivity contribution in [3.8, 4) is 5.75 Å². The smallest absolute Gasteiger partial charge is 0.197 e. The summed E-state index contributed by atoms with van der Waals surface area (Å²) in [4.78, 5) is 18.3. The van der Waals surface area contributed by atoms with Crippen LogP contribution in [-0.2, 0) is 6.54 Å². The molecule has 5 nitrogen and oxygen atoms in total. The summed E-state index contributed by atoms with van der Waals surface area (Å²) >= 11 is 6.35. The first-order valence-corrected chi connectivity index (χ1v) is 12.9. The number of ether oxygens (including phenoxy) is 1. The second kappa shape index (κ2) is 10.5. The number of likely N-dealkylation sites (tertiary alicyclic amines) is 2. The quantitative estimate of drug-likeness (QED) is 0.322. The summed E-state index contributed by atoms with van der Waals surface area (Å²) in [5, 5.41) is 2.13. The zero-order chi connectivity index (χ0) is 22.6. The zero-order valence-corrected chi connectivity index (χ0v) is 20.2. The topological polar surface area (TPSA) is 37.7 Å². The fourth-order valence-electron chi connectivity index (χ4n) is 5.40. The van der Waals surface area contributed by atoms with Gasteiger partial charge in [0.05, 0.1) is 17.6 Å². The first-order valence-electron chi connectivity index (χ1n) is 12.5. The Kier molecular flexibility index (Phi) is 7.19. The predicted octanol–water partition coefficient (Wildman–Crippen LogP) is 5.16. The standard InChI is InChI=1S/C27H34ClN3O2/c28-21-7-9-23-25(19-21)31(17-5-15-29-11-1-2-12-29)26-20-22(8-10-24(26)27(23)32)33-18-6-16-30-13-3-4-14-30/h7-10,19-20H,1-6,11-18H2. The van der Waals surface area contributed by atoms with E-state index in [-0.39, 0.29) is 5.43 Å². The van der Waals surface area contributed by atoms with E-state index in [1.165, 1.54) is 51.9 Å². The summed E-state index contributed by atoms with van der Waals surface area (Å²) in [6, 6.07) is 11.5. The Morgan fingerprint density at radius 3 is 2.06 bits per heavy atom. The van der Waals surface area contributed by atoms with Gasteiger partial charge in [0.25, 0.3) is 0 Å². The average Bonchev–Trinajstić information content (AvgIpc) is 3.53. The Labute approximate surface area is 200 Å². The summed E-state index contributed by atoms with van der Waals surface area (Å²) in [6.07, 6.45) is 7.31. The van der Waals surface area contributed by atoms with Crippen LogP contribution in [0.4, 0.5) is 0 Å². The molecule has 1 aromatic heterocycles. The molecule has 33 heavy (non-hydrogen) atoms. The molecule has 2 aliphatic heterocycles. The van der Waals surface area contributed by atoms with Crippen molar-refractivity contribution in [3.63, 3.8) is 0 Å². The summed E-state index contributed by atoms with van der Waals surface area (Å²) in [5.74, 6) is 0.831. The van der Waals surface area contributed by atoms with Crippen LogP contribution >= 0.6 is 11.6 Å². The molecule has 0 radical (unpaired) electrons. The average molecular weight is 468 g/mol. The molecule has 6 heteroatoms. The molecule has 0 N–H and O–H groups in total. The maximum Gasteiger partial charge on any atom is 0.197 e. The van der Waals surface area contributed by atoms with Gasteiger partial charge in [-0.15, -0.1) is 0 Å². The highest BCUT2D eigenvalue weighted by atomic mass is 35.5. The molecule has 0 spiro atoms. The normalized spacial score (nSPS) is 17.5. The predicted molar refractivity (Wildman–Crippen MR) is 137 cm³/mol. The van der Waals surface area contributed by atoms with E-state index in [1.807, 2.05) is 36.4 Å². The lowest BCUT2D eigenvalue weighted by Crippen LogP contribution is -2.22. The van der Waals surface area contributed by atoms with Crippen molar-refractivity contribution >= 4 is 33.4 Å². The number of aromatic nitrogens is 1. The number of hydrogen-bond donors (Lipinski definition) is 0. The molecule has 0 aliphatic carbocycles. The molecule has 2 saturated heterocycles. The molecule has 0 atom stereocenters. The number of pyridine rings is 1. The highest BCUT2D eigenvalue weighted by Crippen LogP contribution is 2.26. The van der Waals surface area contributed by atoms with Crippen LogP contribution in [0, 0.1) is 0 Å². The number of rotatable bonds is 9. The van der Waals surface area contributed by atoms with Crippen LogP contribution in [-0.4, -0.2) is 60.2 Å². The van der Waals surface area contributed by atoms with Gasteiger partial charge in [-0.25, -0.2) is 0 Å². The molecular formula is C27H34ClN3O2. The zero-order valence-electron chi connectivity index (χ0n) is 19.4. The SMILES string of the molecule is O=c1c2ccc(Cl)cc2n(CCCN2CCCC2)c2cc(OCCCN3CCCC3)ccc12. The van der Waals surface area contributed by atoms with Gasteiger partial charge in [-0.1, -0.05) is 11.6 Å². The number of nitrogens with zero attached hydrogens (tertiary/aromatic N) is 3. The lowest BCUT2D eigenvalue weighted by Gasteiger charge is -2.19. The van der Waals surface area contributed by atoms with Crippen LogP contribution in [0.1, 0.15) is 38.5 Å². The minimum atomic E-state index is 0.0630. The van der Waals surface area contributed by atoms with Crippen LogP contribution in [0.2, 0.25) is 5.02 Å². The molecular weight excluding hydrogens is 434 g/mol. The van der Waals surface area contributed by atoms with Crippen molar-refractivity contribution in [3.05, 3.63) is 51.6 Å². The van der Waals surface area contributed by atoms with Crippen LogP contribution in [0.3, 0.4) is 0 Å². The van der Waals surface area contributed by atoms with Gasteiger partial charge >= 0.3 is 0 Å². The summed E-state index contributed by atoms with van der Waals surface area (Å²) < 4.78 is 8.38. The van der Waals surface area contributed by atoms with Crippen LogP contribution in [0.15, 0.2) is 41.2 Å². The number of benzene rings is 2. The third kappa shape index (κ3) is 5.21. The Morgan fingerprint density at radius 1 is 0.758 bits per heavy atom. The highest BCUT2D eigenvalue weighted by molar-refractivity contribution is 6.31. The summed E-state index contributed by atoms with van der Waals surface area (Å²) in [6.45, 7) is 8.56. The van der Waals surface area contributed by atoms with Crippen molar-refractivity contribution in [2.45, 2.75) is 45.1 Å². The third-order valence-corrected chi connectivity index (χ3v) is 7.38. The molecule has 2 fully saturated rings. The van der Waals surface area contributed by atoms with E-state index in [4.69, 9.17) is 16.3 Å². The van der Waals surface area contributed by atoms with Crippen molar-refractivity contribution in [1.29, 1.82) is 0 Å². The van der Waals surface area contributed by atoms with Gasteiger partial charge in [-0.2, -0.15) is 0 Å². The molecule has 0 unspecified atom stereocenters. The van der Waals surface area contributed by atoms with Crippen molar-refractivity contribution in [1.82, 2.24) is 14.4 Å². The van der Waals surface area contributed by atoms with E-state index in [0.29, 0.717) is 11.6 Å². The molecule has 0 saturated carbocycles. The highest BCUT2D eigenvalue weighted by Gasteiger charge is 2.15. The van der Waals surface area contributed by atoms with E-state index >= 15 is 0 Å². The van der Waals surface area contributed by atoms with Gasteiger partial charge in [0.2, 0.25) is 0 Å². The Balaban J connectivity index is 1.40. The van der Waals surface area contributed by atoms with Gasteiger partial charge in [0.15, 0.2) is 5.43 Å². The lowest BCUT2D eigenvalue weighted by molar-refractivity contribution is 0.263. The molecule has 0 amide bonds. The van der Waals surface area contributed by atoms with E-state index in [9.17, 15) is 4.79 Å². The molecule has 0 bridgehead atoms. The Bertz CT molecular complexity index is 1160. The van der Waals surface area contributed by atoms with Gasteiger partial charge in [-0.3, -0.25) is 4.79 Å².